The number of aliphatic hydroxyl groups excluding tert-OH is 1. The highest BCUT2D eigenvalue weighted by atomic mass is 16.3. The summed E-state index contributed by atoms with van der Waals surface area (Å²) in [5.74, 6) is 0.721. The summed E-state index contributed by atoms with van der Waals surface area (Å²) in [7, 11) is 1.67. The van der Waals surface area contributed by atoms with Crippen LogP contribution in [-0.4, -0.2) is 37.3 Å². The molecule has 0 aromatic rings. The lowest BCUT2D eigenvalue weighted by Crippen LogP contribution is -2.30. The van der Waals surface area contributed by atoms with Crippen molar-refractivity contribution in [3.63, 3.8) is 0 Å². The lowest BCUT2D eigenvalue weighted by atomic mass is 9.87. The van der Waals surface area contributed by atoms with Crippen LogP contribution in [-0.2, 0) is 4.79 Å². The van der Waals surface area contributed by atoms with E-state index in [1.165, 1.54) is 6.42 Å². The number of amides is 1. The summed E-state index contributed by atoms with van der Waals surface area (Å²) >= 11 is 0. The number of carbonyl (C=O) groups excluding carboxylic acids is 1. The van der Waals surface area contributed by atoms with Crippen LogP contribution in [0.4, 0.5) is 0 Å². The number of nitrogens with one attached hydrogen (secondary N) is 2. The third-order valence-corrected chi connectivity index (χ3v) is 3.22. The van der Waals surface area contributed by atoms with E-state index in [1.807, 2.05) is 0 Å². The summed E-state index contributed by atoms with van der Waals surface area (Å²) < 4.78 is 0. The normalized spacial score (nSPS) is 25.4. The first-order valence-corrected chi connectivity index (χ1v) is 6.31. The molecule has 0 saturated heterocycles. The van der Waals surface area contributed by atoms with Gasteiger partial charge in [-0.05, 0) is 44.7 Å². The predicted molar refractivity (Wildman–Crippen MR) is 64.1 cm³/mol. The summed E-state index contributed by atoms with van der Waals surface area (Å²) in [6, 6.07) is 0. The molecule has 0 aromatic carbocycles. The van der Waals surface area contributed by atoms with Crippen molar-refractivity contribution in [2.45, 2.75) is 44.6 Å². The second-order valence-corrected chi connectivity index (χ2v) is 4.67. The number of hydrogen-bond acceptors (Lipinski definition) is 3. The fraction of sp³-hybridized carbons (Fsp3) is 0.917. The minimum absolute atomic E-state index is 0.0913. The number of hydrogen-bond donors (Lipinski definition) is 3. The largest absolute Gasteiger partial charge is 0.393 e. The van der Waals surface area contributed by atoms with Gasteiger partial charge in [-0.25, -0.2) is 0 Å². The maximum absolute atomic E-state index is 10.9. The molecular weight excluding hydrogens is 204 g/mol. The van der Waals surface area contributed by atoms with Crippen LogP contribution in [0, 0.1) is 5.92 Å². The van der Waals surface area contributed by atoms with Crippen LogP contribution in [0.5, 0.6) is 0 Å². The van der Waals surface area contributed by atoms with E-state index in [4.69, 9.17) is 0 Å². The van der Waals surface area contributed by atoms with Gasteiger partial charge in [-0.1, -0.05) is 6.42 Å². The number of aliphatic hydroxyl groups is 1. The Morgan fingerprint density at radius 2 is 2.25 bits per heavy atom. The zero-order chi connectivity index (χ0) is 11.8. The number of carbonyl (C=O) groups is 1. The van der Waals surface area contributed by atoms with E-state index >= 15 is 0 Å². The van der Waals surface area contributed by atoms with Gasteiger partial charge in [0.25, 0.3) is 0 Å². The van der Waals surface area contributed by atoms with E-state index in [0.29, 0.717) is 12.3 Å². The Hall–Kier alpha value is -0.610. The van der Waals surface area contributed by atoms with Crippen molar-refractivity contribution in [1.29, 1.82) is 0 Å². The van der Waals surface area contributed by atoms with Gasteiger partial charge < -0.3 is 15.7 Å². The monoisotopic (exact) mass is 228 g/mol. The lowest BCUT2D eigenvalue weighted by Gasteiger charge is -2.25. The second kappa shape index (κ2) is 7.63. The molecule has 4 nitrogen and oxygen atoms in total. The summed E-state index contributed by atoms with van der Waals surface area (Å²) in [4.78, 5) is 10.9. The van der Waals surface area contributed by atoms with Crippen LogP contribution >= 0.6 is 0 Å². The van der Waals surface area contributed by atoms with Gasteiger partial charge in [0, 0.05) is 13.5 Å². The molecule has 1 fully saturated rings. The van der Waals surface area contributed by atoms with Crippen LogP contribution in [0.2, 0.25) is 0 Å². The van der Waals surface area contributed by atoms with Gasteiger partial charge in [-0.15, -0.1) is 0 Å². The molecule has 1 aliphatic rings. The van der Waals surface area contributed by atoms with Crippen molar-refractivity contribution in [2.75, 3.05) is 20.1 Å². The molecular formula is C12H24N2O2. The van der Waals surface area contributed by atoms with Gasteiger partial charge in [0.1, 0.15) is 0 Å². The van der Waals surface area contributed by atoms with E-state index in [2.05, 4.69) is 10.6 Å². The molecule has 1 saturated carbocycles. The molecule has 4 heteroatoms. The first-order valence-electron chi connectivity index (χ1n) is 6.31. The van der Waals surface area contributed by atoms with E-state index < -0.39 is 0 Å². The first-order chi connectivity index (χ1) is 7.72. The van der Waals surface area contributed by atoms with Crippen molar-refractivity contribution in [2.24, 2.45) is 5.92 Å². The molecule has 16 heavy (non-hydrogen) atoms. The van der Waals surface area contributed by atoms with Crippen molar-refractivity contribution >= 4 is 5.91 Å². The summed E-state index contributed by atoms with van der Waals surface area (Å²) in [6.07, 6.45) is 5.65. The Kier molecular flexibility index (Phi) is 6.42. The van der Waals surface area contributed by atoms with Gasteiger partial charge in [0.15, 0.2) is 0 Å². The maximum atomic E-state index is 10.9. The van der Waals surface area contributed by atoms with Crippen LogP contribution in [0.1, 0.15) is 38.5 Å². The van der Waals surface area contributed by atoms with Crippen molar-refractivity contribution in [3.8, 4) is 0 Å². The zero-order valence-electron chi connectivity index (χ0n) is 10.2. The topological polar surface area (TPSA) is 61.4 Å². The molecule has 0 aromatic heterocycles. The molecule has 0 bridgehead atoms. The maximum Gasteiger partial charge on any atom is 0.219 e. The standard InChI is InChI=1S/C12H24N2O2/c1-13-12(16)6-3-7-14-9-10-4-2-5-11(15)8-10/h10-11,14-15H,2-9H2,1H3,(H,13,16). The van der Waals surface area contributed by atoms with Gasteiger partial charge in [-0.3, -0.25) is 4.79 Å². The van der Waals surface area contributed by atoms with Gasteiger partial charge in [0.2, 0.25) is 5.91 Å². The van der Waals surface area contributed by atoms with Gasteiger partial charge in [-0.2, -0.15) is 0 Å². The second-order valence-electron chi connectivity index (χ2n) is 4.67. The van der Waals surface area contributed by atoms with Crippen LogP contribution in [0.15, 0.2) is 0 Å². The van der Waals surface area contributed by atoms with Crippen molar-refractivity contribution in [1.82, 2.24) is 10.6 Å². The molecule has 1 aliphatic carbocycles. The molecule has 0 spiro atoms. The van der Waals surface area contributed by atoms with Crippen LogP contribution in [0.3, 0.4) is 0 Å². The van der Waals surface area contributed by atoms with Crippen molar-refractivity contribution in [3.05, 3.63) is 0 Å². The lowest BCUT2D eigenvalue weighted by molar-refractivity contribution is -0.120. The molecule has 1 rings (SSSR count). The third-order valence-electron chi connectivity index (χ3n) is 3.22. The average Bonchev–Trinajstić information content (AvgIpc) is 2.28. The Balaban J connectivity index is 1.96. The molecule has 2 unspecified atom stereocenters. The zero-order valence-corrected chi connectivity index (χ0v) is 10.2. The molecule has 0 heterocycles. The quantitative estimate of drug-likeness (QED) is 0.585. The Labute approximate surface area is 97.8 Å². The molecule has 94 valence electrons. The highest BCUT2D eigenvalue weighted by Crippen LogP contribution is 2.23. The van der Waals surface area contributed by atoms with Crippen molar-refractivity contribution < 1.29 is 9.90 Å². The highest BCUT2D eigenvalue weighted by Gasteiger charge is 2.19. The van der Waals surface area contributed by atoms with Gasteiger partial charge >= 0.3 is 0 Å². The molecule has 0 radical (unpaired) electrons. The minimum Gasteiger partial charge on any atom is -0.393 e. The van der Waals surface area contributed by atoms with E-state index in [0.717, 1.165) is 38.8 Å². The van der Waals surface area contributed by atoms with E-state index in [9.17, 15) is 9.90 Å². The van der Waals surface area contributed by atoms with E-state index in [1.54, 1.807) is 7.05 Å². The third kappa shape index (κ3) is 5.47. The van der Waals surface area contributed by atoms with Crippen LogP contribution in [0.25, 0.3) is 0 Å². The highest BCUT2D eigenvalue weighted by molar-refractivity contribution is 5.75. The SMILES string of the molecule is CNC(=O)CCCNCC1CCCC(O)C1. The average molecular weight is 228 g/mol. The predicted octanol–water partition coefficient (Wildman–Crippen LogP) is 0.653. The first kappa shape index (κ1) is 13.5. The molecule has 0 aliphatic heterocycles. The fourth-order valence-corrected chi connectivity index (χ4v) is 2.25. The summed E-state index contributed by atoms with van der Waals surface area (Å²) in [5, 5.41) is 15.5. The van der Waals surface area contributed by atoms with E-state index in [-0.39, 0.29) is 12.0 Å². The molecule has 1 amide bonds. The Morgan fingerprint density at radius 3 is 2.94 bits per heavy atom. The Morgan fingerprint density at radius 1 is 1.44 bits per heavy atom. The summed E-state index contributed by atoms with van der Waals surface area (Å²) in [6.45, 7) is 1.87. The Bertz CT molecular complexity index is 209. The minimum atomic E-state index is -0.0913. The number of rotatable bonds is 6. The smallest absolute Gasteiger partial charge is 0.219 e. The van der Waals surface area contributed by atoms with Crippen LogP contribution < -0.4 is 10.6 Å². The molecule has 2 atom stereocenters. The molecule has 3 N–H and O–H groups in total. The fourth-order valence-electron chi connectivity index (χ4n) is 2.25. The van der Waals surface area contributed by atoms with Gasteiger partial charge in [0.05, 0.1) is 6.10 Å². The summed E-state index contributed by atoms with van der Waals surface area (Å²) in [5.41, 5.74) is 0.